The molecule has 0 atom stereocenters. The zero-order valence-electron chi connectivity index (χ0n) is 15.3. The highest BCUT2D eigenvalue weighted by Crippen LogP contribution is 2.23. The molecule has 4 heterocycles. The summed E-state index contributed by atoms with van der Waals surface area (Å²) in [5, 5.41) is 15.8. The first-order valence-corrected chi connectivity index (χ1v) is 8.88. The summed E-state index contributed by atoms with van der Waals surface area (Å²) in [7, 11) is 1.83. The second-order valence-corrected chi connectivity index (χ2v) is 6.79. The Bertz CT molecular complexity index is 911. The molecule has 0 radical (unpaired) electrons. The molecular formula is C19H21N7O. The van der Waals surface area contributed by atoms with Gasteiger partial charge in [0.05, 0.1) is 5.69 Å². The Labute approximate surface area is 157 Å². The van der Waals surface area contributed by atoms with Gasteiger partial charge in [0.2, 0.25) is 0 Å². The molecule has 0 unspecified atom stereocenters. The van der Waals surface area contributed by atoms with Crippen LogP contribution in [-0.2, 0) is 7.05 Å². The molecule has 1 amide bonds. The third-order valence-corrected chi connectivity index (χ3v) is 4.81. The maximum Gasteiger partial charge on any atom is 0.271 e. The van der Waals surface area contributed by atoms with Gasteiger partial charge < -0.3 is 10.2 Å². The van der Waals surface area contributed by atoms with Crippen molar-refractivity contribution in [3.63, 3.8) is 0 Å². The monoisotopic (exact) mass is 363 g/mol. The molecule has 0 spiro atoms. The Balaban J connectivity index is 1.27. The van der Waals surface area contributed by atoms with Crippen molar-refractivity contribution in [1.29, 1.82) is 0 Å². The first-order valence-electron chi connectivity index (χ1n) is 8.88. The molecule has 0 aliphatic carbocycles. The maximum atomic E-state index is 12.2. The molecule has 1 saturated heterocycles. The molecule has 138 valence electrons. The molecule has 3 aromatic heterocycles. The summed E-state index contributed by atoms with van der Waals surface area (Å²) in [4.78, 5) is 18.3. The summed E-state index contributed by atoms with van der Waals surface area (Å²) in [5.41, 5.74) is 3.25. The van der Waals surface area contributed by atoms with Gasteiger partial charge in [0.1, 0.15) is 5.69 Å². The molecule has 1 fully saturated rings. The van der Waals surface area contributed by atoms with E-state index in [-0.39, 0.29) is 5.91 Å². The quantitative estimate of drug-likeness (QED) is 0.738. The smallest absolute Gasteiger partial charge is 0.271 e. The second-order valence-electron chi connectivity index (χ2n) is 6.79. The molecule has 8 nitrogen and oxygen atoms in total. The lowest BCUT2D eigenvalue weighted by Gasteiger charge is -2.39. The minimum absolute atomic E-state index is 0.126. The number of pyridine rings is 1. The van der Waals surface area contributed by atoms with Gasteiger partial charge in [0, 0.05) is 56.3 Å². The summed E-state index contributed by atoms with van der Waals surface area (Å²) < 4.78 is 1.70. The third kappa shape index (κ3) is 3.64. The highest BCUT2D eigenvalue weighted by Gasteiger charge is 2.28. The molecule has 1 aliphatic heterocycles. The number of carbonyl (C=O) groups excluding carboxylic acids is 1. The van der Waals surface area contributed by atoms with Crippen molar-refractivity contribution in [2.24, 2.45) is 13.0 Å². The van der Waals surface area contributed by atoms with Gasteiger partial charge in [-0.25, -0.2) is 0 Å². The number of nitrogens with zero attached hydrogens (tertiary/aromatic N) is 6. The van der Waals surface area contributed by atoms with Crippen molar-refractivity contribution in [2.45, 2.75) is 6.92 Å². The van der Waals surface area contributed by atoms with Gasteiger partial charge in [0.15, 0.2) is 5.82 Å². The number of hydrogen-bond donors (Lipinski definition) is 1. The van der Waals surface area contributed by atoms with Gasteiger partial charge in [-0.3, -0.25) is 14.5 Å². The average molecular weight is 363 g/mol. The van der Waals surface area contributed by atoms with E-state index < -0.39 is 0 Å². The summed E-state index contributed by atoms with van der Waals surface area (Å²) in [5.74, 6) is 1.13. The molecule has 0 bridgehead atoms. The predicted octanol–water partition coefficient (Wildman–Crippen LogP) is 1.45. The normalized spacial score (nSPS) is 14.1. The summed E-state index contributed by atoms with van der Waals surface area (Å²) in [6.45, 7) is 4.26. The molecule has 4 rings (SSSR count). The lowest BCUT2D eigenvalue weighted by atomic mass is 10.00. The van der Waals surface area contributed by atoms with Crippen molar-refractivity contribution in [3.05, 3.63) is 54.1 Å². The van der Waals surface area contributed by atoms with E-state index in [2.05, 4.69) is 30.5 Å². The van der Waals surface area contributed by atoms with Crippen LogP contribution in [0.25, 0.3) is 11.3 Å². The van der Waals surface area contributed by atoms with Crippen molar-refractivity contribution in [3.8, 4) is 11.3 Å². The van der Waals surface area contributed by atoms with Crippen molar-refractivity contribution in [2.75, 3.05) is 24.5 Å². The average Bonchev–Trinajstić information content (AvgIpc) is 3.00. The number of aromatic nitrogens is 5. The molecule has 27 heavy (non-hydrogen) atoms. The van der Waals surface area contributed by atoms with E-state index in [0.717, 1.165) is 35.9 Å². The lowest BCUT2D eigenvalue weighted by Crippen LogP contribution is -2.52. The predicted molar refractivity (Wildman–Crippen MR) is 101 cm³/mol. The van der Waals surface area contributed by atoms with E-state index in [0.29, 0.717) is 18.2 Å². The van der Waals surface area contributed by atoms with Crippen LogP contribution in [0.15, 0.2) is 42.7 Å². The Morgan fingerprint density at radius 1 is 1.19 bits per heavy atom. The van der Waals surface area contributed by atoms with Gasteiger partial charge in [-0.1, -0.05) is 0 Å². The van der Waals surface area contributed by atoms with Crippen LogP contribution in [0, 0.1) is 12.8 Å². The number of carbonyl (C=O) groups is 1. The number of rotatable bonds is 5. The van der Waals surface area contributed by atoms with E-state index in [9.17, 15) is 4.79 Å². The fourth-order valence-electron chi connectivity index (χ4n) is 3.06. The largest absolute Gasteiger partial charge is 0.354 e. The van der Waals surface area contributed by atoms with Crippen LogP contribution in [0.1, 0.15) is 16.2 Å². The Morgan fingerprint density at radius 3 is 2.59 bits per heavy atom. The maximum absolute atomic E-state index is 12.2. The van der Waals surface area contributed by atoms with Gasteiger partial charge in [-0.15, -0.1) is 10.2 Å². The Kier molecular flexibility index (Phi) is 4.53. The highest BCUT2D eigenvalue weighted by molar-refractivity contribution is 5.92. The zero-order valence-corrected chi connectivity index (χ0v) is 15.3. The Morgan fingerprint density at radius 2 is 1.96 bits per heavy atom. The minimum Gasteiger partial charge on any atom is -0.354 e. The van der Waals surface area contributed by atoms with Gasteiger partial charge in [-0.05, 0) is 37.3 Å². The van der Waals surface area contributed by atoms with Gasteiger partial charge in [-0.2, -0.15) is 5.10 Å². The number of amides is 1. The molecule has 0 saturated carbocycles. The molecule has 1 aliphatic rings. The lowest BCUT2D eigenvalue weighted by molar-refractivity contribution is 0.0938. The van der Waals surface area contributed by atoms with Crippen molar-refractivity contribution in [1.82, 2.24) is 30.3 Å². The van der Waals surface area contributed by atoms with Gasteiger partial charge in [0.25, 0.3) is 5.91 Å². The van der Waals surface area contributed by atoms with Crippen LogP contribution in [0.4, 0.5) is 5.82 Å². The van der Waals surface area contributed by atoms with Crippen LogP contribution in [-0.4, -0.2) is 50.5 Å². The number of anilines is 1. The summed E-state index contributed by atoms with van der Waals surface area (Å²) >= 11 is 0. The molecule has 1 N–H and O–H groups in total. The Hall–Kier alpha value is -3.29. The van der Waals surface area contributed by atoms with Crippen LogP contribution in [0.3, 0.4) is 0 Å². The molecule has 0 aromatic carbocycles. The molecule has 8 heteroatoms. The fourth-order valence-corrected chi connectivity index (χ4v) is 3.06. The van der Waals surface area contributed by atoms with Crippen molar-refractivity contribution < 1.29 is 4.79 Å². The van der Waals surface area contributed by atoms with E-state index in [1.165, 1.54) is 0 Å². The second kappa shape index (κ2) is 7.14. The van der Waals surface area contributed by atoms with Crippen LogP contribution < -0.4 is 10.2 Å². The first-order chi connectivity index (χ1) is 13.1. The van der Waals surface area contributed by atoms with Crippen molar-refractivity contribution >= 4 is 11.7 Å². The number of hydrogen-bond acceptors (Lipinski definition) is 6. The van der Waals surface area contributed by atoms with Gasteiger partial charge >= 0.3 is 0 Å². The van der Waals surface area contributed by atoms with Crippen LogP contribution >= 0.6 is 0 Å². The fraction of sp³-hybridized carbons (Fsp3) is 0.316. The minimum atomic E-state index is -0.126. The summed E-state index contributed by atoms with van der Waals surface area (Å²) in [6.07, 6.45) is 3.48. The first kappa shape index (κ1) is 17.1. The van der Waals surface area contributed by atoms with E-state index in [1.54, 1.807) is 23.1 Å². The van der Waals surface area contributed by atoms with Crippen LogP contribution in [0.2, 0.25) is 0 Å². The molecular weight excluding hydrogens is 342 g/mol. The van der Waals surface area contributed by atoms with E-state index in [4.69, 9.17) is 0 Å². The topological polar surface area (TPSA) is 88.8 Å². The highest BCUT2D eigenvalue weighted by atomic mass is 16.1. The van der Waals surface area contributed by atoms with Crippen LogP contribution in [0.5, 0.6) is 0 Å². The number of aryl methyl sites for hydroxylation is 2. The SMILES string of the molecule is Cc1cc(C(=O)NCC2CN(c3ccc(-c4ccncc4)nn3)C2)nn1C. The standard InChI is InChI=1S/C19H21N7O/c1-13-9-17(24-25(13)2)19(27)21-10-14-11-26(12-14)18-4-3-16(22-23-18)15-5-7-20-8-6-15/h3-9,14H,10-12H2,1-2H3,(H,21,27). The third-order valence-electron chi connectivity index (χ3n) is 4.81. The number of nitrogens with one attached hydrogen (secondary N) is 1. The zero-order chi connectivity index (χ0) is 18.8. The van der Waals surface area contributed by atoms with E-state index in [1.807, 2.05) is 38.2 Å². The molecule has 3 aromatic rings. The van der Waals surface area contributed by atoms with E-state index >= 15 is 0 Å². The summed E-state index contributed by atoms with van der Waals surface area (Å²) in [6, 6.07) is 9.57.